The van der Waals surface area contributed by atoms with E-state index in [-0.39, 0.29) is 12.0 Å². The smallest absolute Gasteiger partial charge is 0.0659 e. The maximum absolute atomic E-state index is 10.6. The van der Waals surface area contributed by atoms with Crippen LogP contribution in [0.1, 0.15) is 36.6 Å². The highest BCUT2D eigenvalue weighted by Crippen LogP contribution is 2.32. The van der Waals surface area contributed by atoms with Crippen molar-refractivity contribution >= 4 is 11.3 Å². The van der Waals surface area contributed by atoms with Gasteiger partial charge >= 0.3 is 0 Å². The molecule has 0 spiro atoms. The molecule has 3 unspecified atom stereocenters. The minimum atomic E-state index is -0.309. The van der Waals surface area contributed by atoms with Gasteiger partial charge in [0.05, 0.1) is 6.10 Å². The molecule has 0 radical (unpaired) electrons. The summed E-state index contributed by atoms with van der Waals surface area (Å²) in [6.45, 7) is 4.42. The van der Waals surface area contributed by atoms with Crippen molar-refractivity contribution in [3.63, 3.8) is 0 Å². The first kappa shape index (κ1) is 14.3. The van der Waals surface area contributed by atoms with Gasteiger partial charge in [-0.15, -0.1) is 11.3 Å². The van der Waals surface area contributed by atoms with Gasteiger partial charge in [0.25, 0.3) is 0 Å². The van der Waals surface area contributed by atoms with Gasteiger partial charge in [-0.25, -0.2) is 0 Å². The Kier molecular flexibility index (Phi) is 5.17. The zero-order valence-electron chi connectivity index (χ0n) is 11.6. The number of thiophene rings is 1. The van der Waals surface area contributed by atoms with Gasteiger partial charge < -0.3 is 5.11 Å². The molecule has 0 saturated heterocycles. The van der Waals surface area contributed by atoms with E-state index >= 15 is 0 Å². The summed E-state index contributed by atoms with van der Waals surface area (Å²) in [4.78, 5) is 1.26. The lowest BCUT2D eigenvalue weighted by atomic mass is 9.80. The zero-order chi connectivity index (χ0) is 13.7. The molecule has 0 aliphatic rings. The molecule has 102 valence electrons. The summed E-state index contributed by atoms with van der Waals surface area (Å²) in [6, 6.07) is 14.6. The van der Waals surface area contributed by atoms with E-state index in [9.17, 15) is 5.11 Å². The first-order valence-electron chi connectivity index (χ1n) is 6.97. The van der Waals surface area contributed by atoms with Gasteiger partial charge in [0.15, 0.2) is 0 Å². The average Bonchev–Trinajstić information content (AvgIpc) is 2.93. The molecule has 0 bridgehead atoms. The van der Waals surface area contributed by atoms with Gasteiger partial charge in [-0.05, 0) is 22.9 Å². The number of aliphatic hydroxyl groups is 1. The monoisotopic (exact) mass is 274 g/mol. The van der Waals surface area contributed by atoms with Crippen molar-refractivity contribution in [2.24, 2.45) is 5.92 Å². The Bertz CT molecular complexity index is 463. The van der Waals surface area contributed by atoms with Gasteiger partial charge in [0.2, 0.25) is 0 Å². The van der Waals surface area contributed by atoms with Crippen LogP contribution >= 0.6 is 11.3 Å². The van der Waals surface area contributed by atoms with E-state index in [4.69, 9.17) is 0 Å². The summed E-state index contributed by atoms with van der Waals surface area (Å²) in [7, 11) is 0. The van der Waals surface area contributed by atoms with Crippen molar-refractivity contribution < 1.29 is 5.11 Å². The molecule has 0 amide bonds. The molecule has 0 fully saturated rings. The highest BCUT2D eigenvalue weighted by molar-refractivity contribution is 7.09. The lowest BCUT2D eigenvalue weighted by Gasteiger charge is -2.28. The second kappa shape index (κ2) is 6.88. The molecule has 1 aromatic carbocycles. The van der Waals surface area contributed by atoms with Crippen LogP contribution in [0.2, 0.25) is 0 Å². The Balaban J connectivity index is 2.18. The molecule has 1 heterocycles. The van der Waals surface area contributed by atoms with E-state index in [0.29, 0.717) is 5.92 Å². The molecule has 2 rings (SSSR count). The topological polar surface area (TPSA) is 20.2 Å². The number of rotatable bonds is 6. The van der Waals surface area contributed by atoms with Crippen molar-refractivity contribution in [3.05, 3.63) is 58.3 Å². The van der Waals surface area contributed by atoms with E-state index in [1.807, 2.05) is 12.1 Å². The summed E-state index contributed by atoms with van der Waals surface area (Å²) in [5.74, 6) is 0.700. The molecular formula is C17H22OS. The Morgan fingerprint density at radius 3 is 2.42 bits per heavy atom. The fraction of sp³-hybridized carbons (Fsp3) is 0.412. The highest BCUT2D eigenvalue weighted by atomic mass is 32.1. The number of hydrogen-bond donors (Lipinski definition) is 1. The van der Waals surface area contributed by atoms with Crippen molar-refractivity contribution in [1.29, 1.82) is 0 Å². The van der Waals surface area contributed by atoms with Crippen LogP contribution in [-0.4, -0.2) is 11.2 Å². The van der Waals surface area contributed by atoms with Gasteiger partial charge in [-0.2, -0.15) is 0 Å². The van der Waals surface area contributed by atoms with Crippen LogP contribution in [0.4, 0.5) is 0 Å². The third-order valence-electron chi connectivity index (χ3n) is 3.85. The van der Waals surface area contributed by atoms with Crippen molar-refractivity contribution in [1.82, 2.24) is 0 Å². The molecule has 3 atom stereocenters. The zero-order valence-corrected chi connectivity index (χ0v) is 12.4. The second-order valence-corrected chi connectivity index (χ2v) is 6.21. The van der Waals surface area contributed by atoms with E-state index in [0.717, 1.165) is 12.8 Å². The third-order valence-corrected chi connectivity index (χ3v) is 4.75. The fourth-order valence-electron chi connectivity index (χ4n) is 2.62. The molecule has 1 aromatic heterocycles. The summed E-state index contributed by atoms with van der Waals surface area (Å²) in [6.07, 6.45) is 1.53. The van der Waals surface area contributed by atoms with Crippen LogP contribution in [0.15, 0.2) is 47.8 Å². The molecule has 0 aliphatic heterocycles. The quantitative estimate of drug-likeness (QED) is 0.823. The van der Waals surface area contributed by atoms with E-state index < -0.39 is 0 Å². The van der Waals surface area contributed by atoms with Crippen molar-refractivity contribution in [2.45, 2.75) is 38.7 Å². The Hall–Kier alpha value is -1.12. The average molecular weight is 274 g/mol. The van der Waals surface area contributed by atoms with Crippen LogP contribution < -0.4 is 0 Å². The summed E-state index contributed by atoms with van der Waals surface area (Å²) < 4.78 is 0. The number of benzene rings is 1. The minimum Gasteiger partial charge on any atom is -0.392 e. The van der Waals surface area contributed by atoms with Gasteiger partial charge in [0, 0.05) is 17.2 Å². The molecular weight excluding hydrogens is 252 g/mol. The largest absolute Gasteiger partial charge is 0.392 e. The van der Waals surface area contributed by atoms with Gasteiger partial charge in [-0.1, -0.05) is 56.7 Å². The van der Waals surface area contributed by atoms with E-state index in [1.165, 1.54) is 10.4 Å². The molecule has 19 heavy (non-hydrogen) atoms. The molecule has 1 nitrogen and oxygen atoms in total. The molecule has 2 aromatic rings. The maximum atomic E-state index is 10.6. The van der Waals surface area contributed by atoms with Gasteiger partial charge in [0.1, 0.15) is 0 Å². The minimum absolute atomic E-state index is 0.216. The Morgan fingerprint density at radius 2 is 1.84 bits per heavy atom. The first-order chi connectivity index (χ1) is 9.22. The predicted molar refractivity (Wildman–Crippen MR) is 82.7 cm³/mol. The van der Waals surface area contributed by atoms with Crippen LogP contribution in [-0.2, 0) is 6.42 Å². The highest BCUT2D eigenvalue weighted by Gasteiger charge is 2.26. The Labute approximate surface area is 119 Å². The van der Waals surface area contributed by atoms with E-state index in [1.54, 1.807) is 11.3 Å². The lowest BCUT2D eigenvalue weighted by Crippen LogP contribution is -2.26. The van der Waals surface area contributed by atoms with Crippen molar-refractivity contribution in [3.8, 4) is 0 Å². The lowest BCUT2D eigenvalue weighted by molar-refractivity contribution is 0.118. The Morgan fingerprint density at radius 1 is 1.11 bits per heavy atom. The van der Waals surface area contributed by atoms with Gasteiger partial charge in [-0.3, -0.25) is 0 Å². The van der Waals surface area contributed by atoms with Crippen LogP contribution in [0.5, 0.6) is 0 Å². The standard InChI is InChI=1S/C17H22OS/c1-3-13(2)17(14-8-5-4-6-9-14)16(18)12-15-10-7-11-19-15/h4-11,13,16-18H,3,12H2,1-2H3. The van der Waals surface area contributed by atoms with Crippen LogP contribution in [0.3, 0.4) is 0 Å². The van der Waals surface area contributed by atoms with Crippen molar-refractivity contribution in [2.75, 3.05) is 0 Å². The van der Waals surface area contributed by atoms with E-state index in [2.05, 4.69) is 49.6 Å². The third kappa shape index (κ3) is 3.68. The van der Waals surface area contributed by atoms with Crippen LogP contribution in [0, 0.1) is 5.92 Å². The number of aliphatic hydroxyl groups excluding tert-OH is 1. The summed E-state index contributed by atoms with van der Waals surface area (Å²) >= 11 is 1.72. The maximum Gasteiger partial charge on any atom is 0.0659 e. The second-order valence-electron chi connectivity index (χ2n) is 5.17. The summed E-state index contributed by atoms with van der Waals surface area (Å²) in [5.41, 5.74) is 1.25. The molecule has 2 heteroatoms. The number of hydrogen-bond acceptors (Lipinski definition) is 2. The van der Waals surface area contributed by atoms with Crippen LogP contribution in [0.25, 0.3) is 0 Å². The normalized spacial score (nSPS) is 15.9. The molecule has 0 saturated carbocycles. The predicted octanol–water partition coefficient (Wildman–Crippen LogP) is 4.48. The SMILES string of the molecule is CCC(C)C(c1ccccc1)C(O)Cc1cccs1. The fourth-order valence-corrected chi connectivity index (χ4v) is 3.38. The molecule has 0 aliphatic carbocycles. The summed E-state index contributed by atoms with van der Waals surface area (Å²) in [5, 5.41) is 12.7. The first-order valence-corrected chi connectivity index (χ1v) is 7.85. The molecule has 1 N–H and O–H groups in total.